The van der Waals surface area contributed by atoms with Crippen molar-refractivity contribution < 1.29 is 30.7 Å². The summed E-state index contributed by atoms with van der Waals surface area (Å²) in [6.45, 7) is 0. The van der Waals surface area contributed by atoms with E-state index in [1.807, 2.05) is 0 Å². The van der Waals surface area contributed by atoms with E-state index < -0.39 is 23.6 Å². The Hall–Kier alpha value is -1.53. The topological polar surface area (TPSA) is 0 Å². The summed E-state index contributed by atoms with van der Waals surface area (Å²) in [6.07, 6.45) is -5.05. The molecule has 1 aromatic carbocycles. The fraction of sp³-hybridized carbons (Fsp3) is 0.250. The van der Waals surface area contributed by atoms with Crippen molar-refractivity contribution in [3.8, 4) is 0 Å². The van der Waals surface area contributed by atoms with Gasteiger partial charge in [-0.15, -0.1) is 0 Å². The van der Waals surface area contributed by atoms with Crippen molar-refractivity contribution in [3.63, 3.8) is 0 Å². The molecule has 0 unspecified atom stereocenters. The number of halogens is 7. The second-order valence-corrected chi connectivity index (χ2v) is 4.02. The summed E-state index contributed by atoms with van der Waals surface area (Å²) in [7, 11) is 0. The molecular weight excluding hydrogens is 277 g/mol. The van der Waals surface area contributed by atoms with Gasteiger partial charge >= 0.3 is 18.0 Å². The van der Waals surface area contributed by atoms with Crippen LogP contribution in [0.3, 0.4) is 0 Å². The molecule has 7 heteroatoms. The van der Waals surface area contributed by atoms with Gasteiger partial charge in [0.05, 0.1) is 0 Å². The lowest BCUT2D eigenvalue weighted by molar-refractivity contribution is -0.343. The molecule has 1 aliphatic carbocycles. The monoisotopic (exact) mass is 283 g/mol. The quantitative estimate of drug-likeness (QED) is 0.702. The number of allylic oxidation sites excluding steroid dienone is 1. The highest BCUT2D eigenvalue weighted by atomic mass is 19.4. The maximum atomic E-state index is 13.4. The maximum Gasteiger partial charge on any atom is 0.460 e. The van der Waals surface area contributed by atoms with Gasteiger partial charge < -0.3 is 0 Å². The van der Waals surface area contributed by atoms with Gasteiger partial charge in [-0.2, -0.15) is 30.7 Å². The summed E-state index contributed by atoms with van der Waals surface area (Å²) in [6, 6.07) is 5.62. The van der Waals surface area contributed by atoms with Gasteiger partial charge in [-0.25, -0.2) is 0 Å². The zero-order chi connectivity index (χ0) is 14.5. The van der Waals surface area contributed by atoms with Gasteiger partial charge in [0, 0.05) is 12.0 Å². The van der Waals surface area contributed by atoms with Gasteiger partial charge in [-0.1, -0.05) is 24.3 Å². The maximum absolute atomic E-state index is 13.4. The van der Waals surface area contributed by atoms with E-state index in [4.69, 9.17) is 0 Å². The number of fused-ring (bicyclic) bond motifs is 1. The molecule has 0 atom stereocenters. The standard InChI is InChI=1S/C12H6F7/c13-10(14,11(15,16)12(17,18)19)9-5-7-3-1-2-4-8(7)6-9/h1-6H. The summed E-state index contributed by atoms with van der Waals surface area (Å²) >= 11 is 0. The molecule has 0 N–H and O–H groups in total. The SMILES string of the molecule is FC(F)(F)C(F)(F)C(F)(F)C1=Cc2ccccc2[CH]1. The van der Waals surface area contributed by atoms with Gasteiger partial charge in [0.2, 0.25) is 0 Å². The second-order valence-electron chi connectivity index (χ2n) is 4.02. The number of hydrogen-bond acceptors (Lipinski definition) is 0. The molecule has 0 bridgehead atoms. The van der Waals surface area contributed by atoms with Crippen molar-refractivity contribution in [2.45, 2.75) is 18.0 Å². The van der Waals surface area contributed by atoms with Crippen molar-refractivity contribution in [2.75, 3.05) is 0 Å². The van der Waals surface area contributed by atoms with E-state index in [9.17, 15) is 30.7 Å². The molecule has 0 amide bonds. The lowest BCUT2D eigenvalue weighted by Gasteiger charge is -2.29. The van der Waals surface area contributed by atoms with E-state index in [2.05, 4.69) is 0 Å². The van der Waals surface area contributed by atoms with Gasteiger partial charge in [0.15, 0.2) is 0 Å². The third kappa shape index (κ3) is 2.01. The summed E-state index contributed by atoms with van der Waals surface area (Å²) in [5, 5.41) is 0. The minimum absolute atomic E-state index is 0.176. The molecular formula is C12H6F7. The Morgan fingerprint density at radius 1 is 0.737 bits per heavy atom. The van der Waals surface area contributed by atoms with Crippen LogP contribution in [0.1, 0.15) is 11.1 Å². The number of benzene rings is 1. The zero-order valence-electron chi connectivity index (χ0n) is 9.11. The molecule has 2 rings (SSSR count). The predicted molar refractivity (Wildman–Crippen MR) is 53.8 cm³/mol. The van der Waals surface area contributed by atoms with Crippen LogP contribution < -0.4 is 0 Å². The van der Waals surface area contributed by atoms with E-state index in [1.54, 1.807) is 0 Å². The Kier molecular flexibility index (Phi) is 2.91. The first-order valence-electron chi connectivity index (χ1n) is 5.05. The van der Waals surface area contributed by atoms with Crippen LogP contribution in [-0.4, -0.2) is 18.0 Å². The molecule has 0 saturated heterocycles. The molecule has 19 heavy (non-hydrogen) atoms. The fourth-order valence-electron chi connectivity index (χ4n) is 1.69. The summed E-state index contributed by atoms with van der Waals surface area (Å²) in [5.74, 6) is -11.4. The second kappa shape index (κ2) is 3.98. The minimum atomic E-state index is -6.32. The Morgan fingerprint density at radius 2 is 1.26 bits per heavy atom. The number of hydrogen-bond donors (Lipinski definition) is 0. The van der Waals surface area contributed by atoms with Crippen LogP contribution in [-0.2, 0) is 0 Å². The number of rotatable bonds is 2. The molecule has 1 radical (unpaired) electrons. The highest BCUT2D eigenvalue weighted by Gasteiger charge is 2.74. The van der Waals surface area contributed by atoms with Crippen molar-refractivity contribution in [1.29, 1.82) is 0 Å². The fourth-order valence-corrected chi connectivity index (χ4v) is 1.69. The first-order valence-corrected chi connectivity index (χ1v) is 5.05. The van der Waals surface area contributed by atoms with Crippen LogP contribution in [0.5, 0.6) is 0 Å². The molecule has 0 saturated carbocycles. The number of alkyl halides is 7. The van der Waals surface area contributed by atoms with Crippen LogP contribution >= 0.6 is 0 Å². The molecule has 0 spiro atoms. The predicted octanol–water partition coefficient (Wildman–Crippen LogP) is 4.47. The average Bonchev–Trinajstić information content (AvgIpc) is 2.71. The van der Waals surface area contributed by atoms with E-state index in [-0.39, 0.29) is 11.1 Å². The minimum Gasteiger partial charge on any atom is -0.194 e. The van der Waals surface area contributed by atoms with Crippen molar-refractivity contribution in [2.24, 2.45) is 0 Å². The van der Waals surface area contributed by atoms with Crippen molar-refractivity contribution >= 4 is 6.08 Å². The summed E-state index contributed by atoms with van der Waals surface area (Å²) in [5.41, 5.74) is -0.999. The Balaban J connectivity index is 2.39. The zero-order valence-corrected chi connectivity index (χ0v) is 9.11. The molecule has 103 valence electrons. The van der Waals surface area contributed by atoms with E-state index in [1.165, 1.54) is 24.3 Å². The Bertz CT molecular complexity index is 525. The van der Waals surface area contributed by atoms with Gasteiger partial charge in [0.25, 0.3) is 0 Å². The van der Waals surface area contributed by atoms with E-state index in [0.717, 1.165) is 0 Å². The summed E-state index contributed by atoms with van der Waals surface area (Å²) in [4.78, 5) is 0. The van der Waals surface area contributed by atoms with Gasteiger partial charge in [-0.3, -0.25) is 0 Å². The smallest absolute Gasteiger partial charge is 0.194 e. The molecule has 0 aromatic heterocycles. The molecule has 0 nitrogen and oxygen atoms in total. The first-order chi connectivity index (χ1) is 8.57. The molecule has 1 aliphatic rings. The Morgan fingerprint density at radius 3 is 1.74 bits per heavy atom. The largest absolute Gasteiger partial charge is 0.460 e. The van der Waals surface area contributed by atoms with Crippen molar-refractivity contribution in [1.82, 2.24) is 0 Å². The van der Waals surface area contributed by atoms with Gasteiger partial charge in [0.1, 0.15) is 0 Å². The lowest BCUT2D eigenvalue weighted by atomic mass is 10.00. The van der Waals surface area contributed by atoms with Crippen LogP contribution in [0, 0.1) is 6.42 Å². The Labute approximate surface area is 103 Å². The third-order valence-corrected chi connectivity index (χ3v) is 2.73. The van der Waals surface area contributed by atoms with Crippen LogP contribution in [0.25, 0.3) is 6.08 Å². The average molecular weight is 283 g/mol. The highest BCUT2D eigenvalue weighted by Crippen LogP contribution is 2.52. The van der Waals surface area contributed by atoms with Crippen LogP contribution in [0.2, 0.25) is 0 Å². The van der Waals surface area contributed by atoms with E-state index in [0.29, 0.717) is 12.5 Å². The normalized spacial score (nSPS) is 16.3. The first kappa shape index (κ1) is 13.9. The molecule has 0 aliphatic heterocycles. The molecule has 0 fully saturated rings. The van der Waals surface area contributed by atoms with Crippen LogP contribution in [0.4, 0.5) is 30.7 Å². The molecule has 0 heterocycles. The van der Waals surface area contributed by atoms with Gasteiger partial charge in [-0.05, 0) is 17.2 Å². The highest BCUT2D eigenvalue weighted by molar-refractivity contribution is 5.71. The lowest BCUT2D eigenvalue weighted by Crippen LogP contribution is -2.52. The van der Waals surface area contributed by atoms with Crippen LogP contribution in [0.15, 0.2) is 29.8 Å². The van der Waals surface area contributed by atoms with E-state index >= 15 is 0 Å². The third-order valence-electron chi connectivity index (χ3n) is 2.73. The van der Waals surface area contributed by atoms with Crippen molar-refractivity contribution in [3.05, 3.63) is 47.4 Å². The summed E-state index contributed by atoms with van der Waals surface area (Å²) < 4.78 is 88.6. The molecule has 1 aromatic rings.